The van der Waals surface area contributed by atoms with Crippen LogP contribution >= 0.6 is 11.3 Å². The number of carbonyl (C=O) groups is 1. The summed E-state index contributed by atoms with van der Waals surface area (Å²) in [5, 5.41) is 3.36. The monoisotopic (exact) mass is 650 g/mol. The lowest BCUT2D eigenvalue weighted by molar-refractivity contribution is -0.185. The molecule has 0 radical (unpaired) electrons. The van der Waals surface area contributed by atoms with Crippen LogP contribution in [0.3, 0.4) is 0 Å². The normalized spacial score (nSPS) is 24.5. The van der Waals surface area contributed by atoms with Gasteiger partial charge in [0.1, 0.15) is 23.8 Å². The van der Waals surface area contributed by atoms with Crippen molar-refractivity contribution in [3.05, 3.63) is 39.3 Å². The molecule has 3 heterocycles. The Morgan fingerprint density at radius 3 is 2.27 bits per heavy atom. The molecule has 3 fully saturated rings. The Morgan fingerprint density at radius 2 is 1.70 bits per heavy atom. The van der Waals surface area contributed by atoms with Crippen molar-refractivity contribution in [3.8, 4) is 11.5 Å². The lowest BCUT2D eigenvalue weighted by Gasteiger charge is -2.32. The van der Waals surface area contributed by atoms with Gasteiger partial charge in [0.15, 0.2) is 0 Å². The maximum Gasteiger partial charge on any atom is 0.427 e. The highest BCUT2D eigenvalue weighted by Crippen LogP contribution is 2.46. The van der Waals surface area contributed by atoms with E-state index in [9.17, 15) is 31.1 Å². The molecule has 1 aromatic heterocycles. The standard InChI is InChI=1S/C29H36F6N4O4S/c1-3-22(42-19-8-9-20(23(14-19)41-2)25-37-27(40)43-38-25)24-21(15-39-12-10-18(11-13-39)29(33,34)35)36-26(44-24)16-4-6-17(7-5-16)28(30,31)32/h8-9,14,16-18,22,25,38H,3-7,10-13,15H2,1-2H3,(H,37,40). The van der Waals surface area contributed by atoms with E-state index >= 15 is 0 Å². The summed E-state index contributed by atoms with van der Waals surface area (Å²) >= 11 is 1.42. The van der Waals surface area contributed by atoms with Gasteiger partial charge in [-0.05, 0) is 70.2 Å². The topological polar surface area (TPSA) is 85.0 Å². The maximum atomic E-state index is 13.3. The van der Waals surface area contributed by atoms with Crippen molar-refractivity contribution in [1.82, 2.24) is 20.7 Å². The van der Waals surface area contributed by atoms with Crippen LogP contribution in [0, 0.1) is 11.8 Å². The number of ether oxygens (including phenoxy) is 2. The Balaban J connectivity index is 1.37. The zero-order valence-corrected chi connectivity index (χ0v) is 25.2. The molecular weight excluding hydrogens is 614 g/mol. The molecule has 2 unspecified atom stereocenters. The third-order valence-corrected chi connectivity index (χ3v) is 10.0. The van der Waals surface area contributed by atoms with E-state index in [0.717, 1.165) is 9.88 Å². The van der Waals surface area contributed by atoms with Gasteiger partial charge in [-0.25, -0.2) is 9.78 Å². The molecule has 244 valence electrons. The zero-order valence-electron chi connectivity index (χ0n) is 24.4. The van der Waals surface area contributed by atoms with E-state index < -0.39 is 42.6 Å². The third kappa shape index (κ3) is 7.53. The zero-order chi connectivity index (χ0) is 31.6. The number of piperidine rings is 1. The number of rotatable bonds is 9. The van der Waals surface area contributed by atoms with Gasteiger partial charge in [0.05, 0.1) is 34.5 Å². The highest BCUT2D eigenvalue weighted by molar-refractivity contribution is 7.11. The Kier molecular flexibility index (Phi) is 9.85. The second-order valence-corrected chi connectivity index (χ2v) is 12.6. The van der Waals surface area contributed by atoms with E-state index in [1.54, 1.807) is 18.2 Å². The third-order valence-electron chi connectivity index (χ3n) is 8.70. The summed E-state index contributed by atoms with van der Waals surface area (Å²) in [7, 11) is 1.49. The van der Waals surface area contributed by atoms with Crippen LogP contribution in [0.5, 0.6) is 11.5 Å². The number of carbonyl (C=O) groups excluding carboxylic acids is 1. The van der Waals surface area contributed by atoms with Gasteiger partial charge in [-0.2, -0.15) is 26.3 Å². The fourth-order valence-electron chi connectivity index (χ4n) is 6.14. The molecule has 1 amide bonds. The van der Waals surface area contributed by atoms with Crippen LogP contribution in [0.2, 0.25) is 0 Å². The van der Waals surface area contributed by atoms with Gasteiger partial charge in [-0.3, -0.25) is 10.2 Å². The molecule has 8 nitrogen and oxygen atoms in total. The SMILES string of the molecule is CCC(Oc1ccc(C2NOC(=O)N2)c(OC)c1)c1sc(C2CCC(C(F)(F)F)CC2)nc1CN1CCC(C(F)(F)F)CC1. The van der Waals surface area contributed by atoms with E-state index in [0.29, 0.717) is 48.6 Å². The molecule has 3 aliphatic rings. The Morgan fingerprint density at radius 1 is 1.05 bits per heavy atom. The molecule has 2 N–H and O–H groups in total. The largest absolute Gasteiger partial charge is 0.496 e. The van der Waals surface area contributed by atoms with E-state index in [4.69, 9.17) is 19.3 Å². The number of thiazole rings is 1. The van der Waals surface area contributed by atoms with Crippen molar-refractivity contribution in [2.75, 3.05) is 20.2 Å². The van der Waals surface area contributed by atoms with Crippen molar-refractivity contribution in [2.45, 2.75) is 89.0 Å². The Hall–Kier alpha value is -2.78. The number of methoxy groups -OCH3 is 1. The van der Waals surface area contributed by atoms with E-state index in [-0.39, 0.29) is 44.7 Å². The first-order chi connectivity index (χ1) is 20.9. The second-order valence-electron chi connectivity index (χ2n) is 11.5. The second kappa shape index (κ2) is 13.3. The number of benzene rings is 1. The number of halogens is 6. The van der Waals surface area contributed by atoms with Gasteiger partial charge < -0.3 is 14.3 Å². The fraction of sp³-hybridized carbons (Fsp3) is 0.655. The van der Waals surface area contributed by atoms with Crippen molar-refractivity contribution < 1.29 is 45.4 Å². The summed E-state index contributed by atoms with van der Waals surface area (Å²) in [6.07, 6.45) is -8.71. The average molecular weight is 651 g/mol. The number of nitrogens with zero attached hydrogens (tertiary/aromatic N) is 2. The summed E-state index contributed by atoms with van der Waals surface area (Å²) in [5.41, 5.74) is 3.89. The van der Waals surface area contributed by atoms with Crippen molar-refractivity contribution in [1.29, 1.82) is 0 Å². The lowest BCUT2D eigenvalue weighted by atomic mass is 9.82. The van der Waals surface area contributed by atoms with Crippen LogP contribution in [0.4, 0.5) is 31.1 Å². The first-order valence-electron chi connectivity index (χ1n) is 14.8. The first kappa shape index (κ1) is 32.6. The minimum Gasteiger partial charge on any atom is -0.496 e. The molecule has 2 atom stereocenters. The first-order valence-corrected chi connectivity index (χ1v) is 15.6. The van der Waals surface area contributed by atoms with Crippen LogP contribution < -0.4 is 20.3 Å². The summed E-state index contributed by atoms with van der Waals surface area (Å²) in [6, 6.07) is 5.15. The molecule has 2 saturated heterocycles. The van der Waals surface area contributed by atoms with Crippen molar-refractivity contribution >= 4 is 17.4 Å². The minimum absolute atomic E-state index is 0.0124. The summed E-state index contributed by atoms with van der Waals surface area (Å²) in [5.74, 6) is -1.82. The highest BCUT2D eigenvalue weighted by Gasteiger charge is 2.43. The molecule has 5 rings (SSSR count). The van der Waals surface area contributed by atoms with Crippen LogP contribution in [0.15, 0.2) is 18.2 Å². The summed E-state index contributed by atoms with van der Waals surface area (Å²) in [6.45, 7) is 2.83. The van der Waals surface area contributed by atoms with E-state index in [2.05, 4.69) is 10.8 Å². The minimum atomic E-state index is -4.22. The average Bonchev–Trinajstić information content (AvgIpc) is 3.61. The van der Waals surface area contributed by atoms with Crippen molar-refractivity contribution in [2.24, 2.45) is 11.8 Å². The van der Waals surface area contributed by atoms with E-state index in [1.165, 1.54) is 18.4 Å². The number of hydrogen-bond acceptors (Lipinski definition) is 8. The molecule has 2 aliphatic heterocycles. The summed E-state index contributed by atoms with van der Waals surface area (Å²) < 4.78 is 91.6. The quantitative estimate of drug-likeness (QED) is 0.272. The predicted molar refractivity (Wildman–Crippen MR) is 149 cm³/mol. The molecule has 1 saturated carbocycles. The number of aromatic nitrogens is 1. The number of hydroxylamine groups is 1. The fourth-order valence-corrected chi connectivity index (χ4v) is 7.50. The maximum absolute atomic E-state index is 13.3. The highest BCUT2D eigenvalue weighted by atomic mass is 32.1. The molecule has 1 aliphatic carbocycles. The van der Waals surface area contributed by atoms with E-state index in [1.807, 2.05) is 11.8 Å². The molecule has 2 aromatic rings. The lowest BCUT2D eigenvalue weighted by Crippen LogP contribution is -2.38. The molecule has 0 bridgehead atoms. The van der Waals surface area contributed by atoms with Gasteiger partial charge in [0.2, 0.25) is 0 Å². The van der Waals surface area contributed by atoms with Gasteiger partial charge in [0.25, 0.3) is 0 Å². The van der Waals surface area contributed by atoms with Gasteiger partial charge >= 0.3 is 18.4 Å². The number of amides is 1. The molecule has 15 heteroatoms. The Labute approximate surface area is 255 Å². The summed E-state index contributed by atoms with van der Waals surface area (Å²) in [4.78, 5) is 23.9. The van der Waals surface area contributed by atoms with Crippen LogP contribution in [-0.2, 0) is 11.4 Å². The molecule has 0 spiro atoms. The smallest absolute Gasteiger partial charge is 0.427 e. The van der Waals surface area contributed by atoms with Gasteiger partial charge in [-0.15, -0.1) is 16.8 Å². The molecule has 1 aromatic carbocycles. The number of hydrogen-bond donors (Lipinski definition) is 2. The van der Waals surface area contributed by atoms with Crippen molar-refractivity contribution in [3.63, 3.8) is 0 Å². The van der Waals surface area contributed by atoms with Crippen LogP contribution in [-0.4, -0.2) is 48.5 Å². The van der Waals surface area contributed by atoms with Gasteiger partial charge in [0, 0.05) is 24.1 Å². The number of nitrogens with one attached hydrogen (secondary N) is 2. The van der Waals surface area contributed by atoms with Crippen LogP contribution in [0.25, 0.3) is 0 Å². The van der Waals surface area contributed by atoms with Crippen LogP contribution in [0.1, 0.15) is 91.2 Å². The predicted octanol–water partition coefficient (Wildman–Crippen LogP) is 7.54. The Bertz CT molecular complexity index is 1290. The molecule has 44 heavy (non-hydrogen) atoms. The number of likely N-dealkylation sites (tertiary alicyclic amines) is 1. The number of alkyl halides is 6. The molecular formula is C29H36F6N4O4S. The van der Waals surface area contributed by atoms with Gasteiger partial charge in [-0.1, -0.05) is 6.92 Å².